The molecule has 1 N–H and O–H groups in total. The van der Waals surface area contributed by atoms with Gasteiger partial charge in [0.2, 0.25) is 0 Å². The summed E-state index contributed by atoms with van der Waals surface area (Å²) in [5.41, 5.74) is 1.82. The van der Waals surface area contributed by atoms with E-state index in [1.54, 1.807) is 12.5 Å². The van der Waals surface area contributed by atoms with Crippen LogP contribution in [0.2, 0.25) is 0 Å². The third-order valence-electron chi connectivity index (χ3n) is 4.49. The minimum atomic E-state index is -0.0816. The van der Waals surface area contributed by atoms with Gasteiger partial charge in [-0.05, 0) is 18.1 Å². The molecule has 1 fully saturated rings. The largest absolute Gasteiger partial charge is 0.364 e. The predicted octanol–water partition coefficient (Wildman–Crippen LogP) is 2.29. The van der Waals surface area contributed by atoms with Gasteiger partial charge in [0.1, 0.15) is 6.26 Å². The van der Waals surface area contributed by atoms with Crippen molar-refractivity contribution in [2.45, 2.75) is 26.4 Å². The molecule has 2 aromatic rings. The smallest absolute Gasteiger partial charge is 0.318 e. The number of hydrogen-bond acceptors (Lipinski definition) is 5. The maximum Gasteiger partial charge on any atom is 0.318 e. The van der Waals surface area contributed by atoms with Gasteiger partial charge in [-0.2, -0.15) is 0 Å². The Kier molecular flexibility index (Phi) is 5.65. The molecular weight excluding hydrogens is 318 g/mol. The summed E-state index contributed by atoms with van der Waals surface area (Å²) >= 11 is 0. The zero-order chi connectivity index (χ0) is 17.6. The minimum Gasteiger partial charge on any atom is -0.364 e. The Morgan fingerprint density at radius 2 is 2.04 bits per heavy atom. The summed E-state index contributed by atoms with van der Waals surface area (Å²) in [4.78, 5) is 21.2. The standard InChI is InChI=1S/C18H25N5O2/c1-14(2)17(16-5-3-4-7-19-16)20-18(24)23-10-8-22(9-11-23)13-15-6-12-25-21-15/h3-7,12,14,17H,8-11,13H2,1-2H3,(H,20,24)/t17-/m0/s1. The number of piperazine rings is 1. The van der Waals surface area contributed by atoms with Gasteiger partial charge in [0.05, 0.1) is 17.4 Å². The molecule has 1 aliphatic rings. The van der Waals surface area contributed by atoms with Crippen LogP contribution in [0.25, 0.3) is 0 Å². The molecule has 25 heavy (non-hydrogen) atoms. The Labute approximate surface area is 148 Å². The number of nitrogens with one attached hydrogen (secondary N) is 1. The summed E-state index contributed by atoms with van der Waals surface area (Å²) in [5.74, 6) is 0.271. The number of urea groups is 1. The number of aromatic nitrogens is 2. The van der Waals surface area contributed by atoms with E-state index < -0.39 is 0 Å². The van der Waals surface area contributed by atoms with Crippen LogP contribution in [0.3, 0.4) is 0 Å². The summed E-state index contributed by atoms with van der Waals surface area (Å²) in [5, 5.41) is 7.08. The molecule has 1 atom stereocenters. The number of rotatable bonds is 5. The van der Waals surface area contributed by atoms with Crippen molar-refractivity contribution in [3.63, 3.8) is 0 Å². The summed E-state index contributed by atoms with van der Waals surface area (Å²) in [6, 6.07) is 7.57. The summed E-state index contributed by atoms with van der Waals surface area (Å²) in [7, 11) is 0. The highest BCUT2D eigenvalue weighted by Gasteiger charge is 2.25. The monoisotopic (exact) mass is 343 g/mol. The van der Waals surface area contributed by atoms with Gasteiger partial charge >= 0.3 is 6.03 Å². The van der Waals surface area contributed by atoms with Crippen molar-refractivity contribution in [1.29, 1.82) is 0 Å². The van der Waals surface area contributed by atoms with Gasteiger partial charge in [0, 0.05) is 45.0 Å². The first-order valence-corrected chi connectivity index (χ1v) is 8.71. The molecule has 2 amide bonds. The molecule has 0 radical (unpaired) electrons. The van der Waals surface area contributed by atoms with E-state index in [1.807, 2.05) is 29.2 Å². The predicted molar refractivity (Wildman–Crippen MR) is 93.7 cm³/mol. The van der Waals surface area contributed by atoms with Crippen LogP contribution in [-0.4, -0.2) is 52.2 Å². The van der Waals surface area contributed by atoms with Gasteiger partial charge in [-0.1, -0.05) is 25.1 Å². The van der Waals surface area contributed by atoms with Crippen molar-refractivity contribution in [1.82, 2.24) is 25.3 Å². The second kappa shape index (κ2) is 8.11. The van der Waals surface area contributed by atoms with Gasteiger partial charge in [0.15, 0.2) is 0 Å². The van der Waals surface area contributed by atoms with Gasteiger partial charge in [0.25, 0.3) is 0 Å². The average molecular weight is 343 g/mol. The van der Waals surface area contributed by atoms with Crippen molar-refractivity contribution in [2.75, 3.05) is 26.2 Å². The van der Waals surface area contributed by atoms with E-state index in [9.17, 15) is 4.79 Å². The fraction of sp³-hybridized carbons (Fsp3) is 0.500. The van der Waals surface area contributed by atoms with Crippen molar-refractivity contribution < 1.29 is 9.32 Å². The molecule has 0 aliphatic carbocycles. The number of carbonyl (C=O) groups is 1. The van der Waals surface area contributed by atoms with Crippen LogP contribution in [0.5, 0.6) is 0 Å². The fourth-order valence-electron chi connectivity index (χ4n) is 3.02. The van der Waals surface area contributed by atoms with Crippen molar-refractivity contribution in [2.24, 2.45) is 5.92 Å². The van der Waals surface area contributed by atoms with Gasteiger partial charge < -0.3 is 14.7 Å². The van der Waals surface area contributed by atoms with Crippen LogP contribution >= 0.6 is 0 Å². The van der Waals surface area contributed by atoms with Gasteiger partial charge in [-0.15, -0.1) is 0 Å². The summed E-state index contributed by atoms with van der Waals surface area (Å²) < 4.78 is 4.87. The SMILES string of the molecule is CC(C)[C@H](NC(=O)N1CCN(Cc2ccon2)CC1)c1ccccn1. The lowest BCUT2D eigenvalue weighted by molar-refractivity contribution is 0.130. The first-order chi connectivity index (χ1) is 12.1. The molecule has 0 bridgehead atoms. The number of carbonyl (C=O) groups excluding carboxylic acids is 1. The van der Waals surface area contributed by atoms with E-state index in [0.29, 0.717) is 13.1 Å². The second-order valence-electron chi connectivity index (χ2n) is 6.68. The molecule has 0 spiro atoms. The molecule has 1 saturated heterocycles. The molecule has 3 rings (SSSR count). The van der Waals surface area contributed by atoms with Crippen LogP contribution in [0.1, 0.15) is 31.3 Å². The zero-order valence-corrected chi connectivity index (χ0v) is 14.8. The second-order valence-corrected chi connectivity index (χ2v) is 6.68. The molecule has 3 heterocycles. The van der Waals surface area contributed by atoms with Crippen LogP contribution in [0.4, 0.5) is 4.79 Å². The molecule has 134 valence electrons. The van der Waals surface area contributed by atoms with E-state index in [2.05, 4.69) is 34.2 Å². The minimum absolute atomic E-state index is 0.0227. The summed E-state index contributed by atoms with van der Waals surface area (Å²) in [6.45, 7) is 8.01. The van der Waals surface area contributed by atoms with Gasteiger partial charge in [-0.3, -0.25) is 9.88 Å². The number of amides is 2. The van der Waals surface area contributed by atoms with E-state index in [-0.39, 0.29) is 18.0 Å². The van der Waals surface area contributed by atoms with E-state index in [1.165, 1.54) is 0 Å². The summed E-state index contributed by atoms with van der Waals surface area (Å²) in [6.07, 6.45) is 3.35. The molecular formula is C18H25N5O2. The van der Waals surface area contributed by atoms with Crippen LogP contribution in [-0.2, 0) is 6.54 Å². The van der Waals surface area contributed by atoms with Crippen molar-refractivity contribution in [3.05, 3.63) is 48.1 Å². The Morgan fingerprint density at radius 3 is 2.64 bits per heavy atom. The molecule has 2 aromatic heterocycles. The van der Waals surface area contributed by atoms with Crippen molar-refractivity contribution in [3.8, 4) is 0 Å². The van der Waals surface area contributed by atoms with Crippen LogP contribution < -0.4 is 5.32 Å². The van der Waals surface area contributed by atoms with Crippen LogP contribution in [0.15, 0.2) is 41.2 Å². The van der Waals surface area contributed by atoms with Crippen molar-refractivity contribution >= 4 is 6.03 Å². The molecule has 7 nitrogen and oxygen atoms in total. The Balaban J connectivity index is 1.53. The third-order valence-corrected chi connectivity index (χ3v) is 4.49. The zero-order valence-electron chi connectivity index (χ0n) is 14.8. The highest BCUT2D eigenvalue weighted by Crippen LogP contribution is 2.20. The molecule has 0 saturated carbocycles. The fourth-order valence-corrected chi connectivity index (χ4v) is 3.02. The quantitative estimate of drug-likeness (QED) is 0.902. The van der Waals surface area contributed by atoms with Crippen LogP contribution in [0, 0.1) is 5.92 Å². The molecule has 7 heteroatoms. The van der Waals surface area contributed by atoms with E-state index >= 15 is 0 Å². The number of hydrogen-bond donors (Lipinski definition) is 1. The Bertz CT molecular complexity index is 651. The highest BCUT2D eigenvalue weighted by molar-refractivity contribution is 5.74. The molecule has 1 aliphatic heterocycles. The molecule has 0 unspecified atom stereocenters. The topological polar surface area (TPSA) is 74.5 Å². The maximum absolute atomic E-state index is 12.7. The lowest BCUT2D eigenvalue weighted by Crippen LogP contribution is -2.52. The number of pyridine rings is 1. The average Bonchev–Trinajstić information content (AvgIpc) is 3.13. The Hall–Kier alpha value is -2.41. The Morgan fingerprint density at radius 1 is 1.24 bits per heavy atom. The lowest BCUT2D eigenvalue weighted by Gasteiger charge is -2.35. The number of nitrogens with zero attached hydrogens (tertiary/aromatic N) is 4. The first-order valence-electron chi connectivity index (χ1n) is 8.71. The lowest BCUT2D eigenvalue weighted by atomic mass is 10.0. The van der Waals surface area contributed by atoms with E-state index in [4.69, 9.17) is 4.52 Å². The van der Waals surface area contributed by atoms with E-state index in [0.717, 1.165) is 31.0 Å². The normalized spacial score (nSPS) is 16.8. The maximum atomic E-state index is 12.7. The van der Waals surface area contributed by atoms with Gasteiger partial charge in [-0.25, -0.2) is 4.79 Å². The highest BCUT2D eigenvalue weighted by atomic mass is 16.5. The third kappa shape index (κ3) is 4.57. The molecule has 0 aromatic carbocycles. The first kappa shape index (κ1) is 17.4.